The third-order valence-corrected chi connectivity index (χ3v) is 4.93. The summed E-state index contributed by atoms with van der Waals surface area (Å²) in [6.45, 7) is 9.14. The van der Waals surface area contributed by atoms with E-state index in [4.69, 9.17) is 19.4 Å². The summed E-state index contributed by atoms with van der Waals surface area (Å²) >= 11 is 0. The van der Waals surface area contributed by atoms with Gasteiger partial charge < -0.3 is 19.5 Å². The van der Waals surface area contributed by atoms with E-state index in [0.717, 1.165) is 39.4 Å². The number of ether oxygens (including phenoxy) is 2. The van der Waals surface area contributed by atoms with Gasteiger partial charge in [0.05, 0.1) is 24.9 Å². The Bertz CT molecular complexity index is 523. The predicted molar refractivity (Wildman–Crippen MR) is 89.2 cm³/mol. The van der Waals surface area contributed by atoms with Gasteiger partial charge >= 0.3 is 12.1 Å². The Morgan fingerprint density at radius 3 is 2.37 bits per heavy atom. The van der Waals surface area contributed by atoms with Crippen LogP contribution in [-0.2, 0) is 19.1 Å². The van der Waals surface area contributed by atoms with Crippen molar-refractivity contribution in [1.29, 1.82) is 0 Å². The van der Waals surface area contributed by atoms with E-state index in [1.165, 1.54) is 12.8 Å². The molecule has 3 fully saturated rings. The van der Waals surface area contributed by atoms with Crippen LogP contribution in [0.1, 0.15) is 26.7 Å². The molecule has 0 aromatic heterocycles. The summed E-state index contributed by atoms with van der Waals surface area (Å²) in [6, 6.07) is 0.357. The first-order valence-electron chi connectivity index (χ1n) is 9.15. The highest BCUT2D eigenvalue weighted by atomic mass is 19.4. The fourth-order valence-electron chi connectivity index (χ4n) is 3.58. The second-order valence-electron chi connectivity index (χ2n) is 7.31. The minimum Gasteiger partial charge on any atom is -0.475 e. The number of carbonyl (C=O) groups is 2. The number of halogens is 3. The molecule has 3 aliphatic heterocycles. The topological polar surface area (TPSA) is 79.3 Å². The summed E-state index contributed by atoms with van der Waals surface area (Å²) in [7, 11) is 0. The van der Waals surface area contributed by atoms with Crippen molar-refractivity contribution in [3.8, 4) is 0 Å². The number of amides is 1. The van der Waals surface area contributed by atoms with Crippen molar-refractivity contribution in [2.75, 3.05) is 39.4 Å². The Labute approximate surface area is 156 Å². The molecular weight excluding hydrogens is 369 g/mol. The molecule has 0 aromatic rings. The summed E-state index contributed by atoms with van der Waals surface area (Å²) in [5, 5.41) is 7.12. The van der Waals surface area contributed by atoms with Crippen LogP contribution in [0.2, 0.25) is 0 Å². The Balaban J connectivity index is 0.000000321. The molecule has 156 valence electrons. The molecule has 3 rings (SSSR count). The number of morpholine rings is 1. The van der Waals surface area contributed by atoms with Gasteiger partial charge in [0, 0.05) is 38.7 Å². The second kappa shape index (κ2) is 9.20. The molecule has 10 heteroatoms. The average molecular weight is 396 g/mol. The molecule has 3 aliphatic rings. The zero-order chi connectivity index (χ0) is 20.2. The van der Waals surface area contributed by atoms with Crippen LogP contribution in [0.4, 0.5) is 13.2 Å². The largest absolute Gasteiger partial charge is 0.490 e. The average Bonchev–Trinajstić information content (AvgIpc) is 3.23. The maximum absolute atomic E-state index is 12.2. The Morgan fingerprint density at radius 2 is 1.85 bits per heavy atom. The number of alkyl halides is 3. The molecule has 27 heavy (non-hydrogen) atoms. The number of nitrogens with zero attached hydrogens (tertiary/aromatic N) is 2. The first kappa shape index (κ1) is 21.9. The first-order chi connectivity index (χ1) is 12.6. The Morgan fingerprint density at radius 1 is 1.19 bits per heavy atom. The number of aliphatic carboxylic acids is 1. The summed E-state index contributed by atoms with van der Waals surface area (Å²) in [5.41, 5.74) is 0. The Hall–Kier alpha value is -1.39. The van der Waals surface area contributed by atoms with Crippen LogP contribution in [0.15, 0.2) is 0 Å². The number of hydrogen-bond donors (Lipinski definition) is 1. The van der Waals surface area contributed by atoms with E-state index < -0.39 is 12.1 Å². The molecule has 3 atom stereocenters. The van der Waals surface area contributed by atoms with Gasteiger partial charge in [0.15, 0.2) is 0 Å². The highest BCUT2D eigenvalue weighted by Crippen LogP contribution is 2.26. The van der Waals surface area contributed by atoms with Gasteiger partial charge in [-0.25, -0.2) is 4.79 Å². The van der Waals surface area contributed by atoms with E-state index in [1.807, 2.05) is 18.7 Å². The van der Waals surface area contributed by atoms with Crippen LogP contribution in [0, 0.1) is 5.92 Å². The molecule has 0 spiro atoms. The number of fused-ring (bicyclic) bond motifs is 1. The van der Waals surface area contributed by atoms with Crippen LogP contribution in [0.3, 0.4) is 0 Å². The van der Waals surface area contributed by atoms with Crippen molar-refractivity contribution in [3.05, 3.63) is 0 Å². The van der Waals surface area contributed by atoms with E-state index in [1.54, 1.807) is 0 Å². The van der Waals surface area contributed by atoms with Gasteiger partial charge in [-0.1, -0.05) is 13.8 Å². The molecule has 7 nitrogen and oxygen atoms in total. The van der Waals surface area contributed by atoms with Crippen molar-refractivity contribution < 1.29 is 37.3 Å². The standard InChI is InChI=1S/C15H26N2O3.C2HF3O2/c1-11(2)15(18)17-9-13-14(10-17)20-7-5-16(13)8-12-4-3-6-19-12;3-2(4,5)1(6)7/h11-14H,3-10H2,1-2H3;(H,6,7)/t12?,13-,14+;/m1./s1. The summed E-state index contributed by atoms with van der Waals surface area (Å²) in [6.07, 6.45) is -2.17. The van der Waals surface area contributed by atoms with Crippen LogP contribution in [0.25, 0.3) is 0 Å². The smallest absolute Gasteiger partial charge is 0.475 e. The molecule has 1 unspecified atom stereocenters. The molecule has 0 bridgehead atoms. The van der Waals surface area contributed by atoms with E-state index in [-0.39, 0.29) is 17.9 Å². The van der Waals surface area contributed by atoms with Crippen LogP contribution < -0.4 is 0 Å². The molecular formula is C17H27F3N2O5. The number of hydrogen-bond acceptors (Lipinski definition) is 5. The van der Waals surface area contributed by atoms with Gasteiger partial charge in [-0.05, 0) is 12.8 Å². The third kappa shape index (κ3) is 6.05. The lowest BCUT2D eigenvalue weighted by Gasteiger charge is -2.37. The minimum absolute atomic E-state index is 0.0711. The van der Waals surface area contributed by atoms with E-state index >= 15 is 0 Å². The number of likely N-dealkylation sites (tertiary alicyclic amines) is 1. The molecule has 3 heterocycles. The zero-order valence-electron chi connectivity index (χ0n) is 15.6. The van der Waals surface area contributed by atoms with E-state index in [2.05, 4.69) is 4.90 Å². The lowest BCUT2D eigenvalue weighted by Crippen LogP contribution is -2.52. The number of carboxylic acid groups (broad SMARTS) is 1. The zero-order valence-corrected chi connectivity index (χ0v) is 15.6. The van der Waals surface area contributed by atoms with Gasteiger partial charge in [-0.15, -0.1) is 0 Å². The molecule has 0 aromatic carbocycles. The maximum atomic E-state index is 12.2. The molecule has 3 saturated heterocycles. The predicted octanol–water partition coefficient (Wildman–Crippen LogP) is 1.37. The fourth-order valence-corrected chi connectivity index (χ4v) is 3.58. The van der Waals surface area contributed by atoms with Crippen molar-refractivity contribution in [3.63, 3.8) is 0 Å². The molecule has 1 amide bonds. The van der Waals surface area contributed by atoms with Crippen LogP contribution in [-0.4, -0.2) is 90.6 Å². The number of carbonyl (C=O) groups excluding carboxylic acids is 1. The van der Waals surface area contributed by atoms with Crippen LogP contribution >= 0.6 is 0 Å². The lowest BCUT2D eigenvalue weighted by atomic mass is 10.1. The quantitative estimate of drug-likeness (QED) is 0.776. The van der Waals surface area contributed by atoms with Crippen molar-refractivity contribution in [2.24, 2.45) is 5.92 Å². The normalized spacial score (nSPS) is 28.7. The second-order valence-corrected chi connectivity index (χ2v) is 7.31. The summed E-state index contributed by atoms with van der Waals surface area (Å²) in [5.74, 6) is -2.44. The SMILES string of the molecule is CC(C)C(=O)N1C[C@@H]2OCCN(CC3CCCO3)[C@@H]2C1.O=C(O)C(F)(F)F. The van der Waals surface area contributed by atoms with Gasteiger partial charge in [0.2, 0.25) is 5.91 Å². The number of carboxylic acids is 1. The highest BCUT2D eigenvalue weighted by Gasteiger charge is 2.42. The van der Waals surface area contributed by atoms with Crippen LogP contribution in [0.5, 0.6) is 0 Å². The monoisotopic (exact) mass is 396 g/mol. The van der Waals surface area contributed by atoms with Gasteiger partial charge in [0.25, 0.3) is 0 Å². The van der Waals surface area contributed by atoms with Crippen molar-refractivity contribution in [2.45, 2.75) is 51.1 Å². The molecule has 1 N–H and O–H groups in total. The fraction of sp³-hybridized carbons (Fsp3) is 0.882. The summed E-state index contributed by atoms with van der Waals surface area (Å²) in [4.78, 5) is 25.5. The Kier molecular flexibility index (Phi) is 7.47. The van der Waals surface area contributed by atoms with Gasteiger partial charge in [-0.3, -0.25) is 9.69 Å². The minimum atomic E-state index is -5.08. The van der Waals surface area contributed by atoms with Crippen molar-refractivity contribution in [1.82, 2.24) is 9.80 Å². The summed E-state index contributed by atoms with van der Waals surface area (Å²) < 4.78 is 43.4. The third-order valence-electron chi connectivity index (χ3n) is 4.93. The highest BCUT2D eigenvalue weighted by molar-refractivity contribution is 5.78. The first-order valence-corrected chi connectivity index (χ1v) is 9.15. The lowest BCUT2D eigenvalue weighted by molar-refractivity contribution is -0.192. The molecule has 0 aliphatic carbocycles. The van der Waals surface area contributed by atoms with Crippen molar-refractivity contribution >= 4 is 11.9 Å². The molecule has 0 saturated carbocycles. The van der Waals surface area contributed by atoms with E-state index in [0.29, 0.717) is 12.1 Å². The van der Waals surface area contributed by atoms with E-state index in [9.17, 15) is 18.0 Å². The maximum Gasteiger partial charge on any atom is 0.490 e. The number of rotatable bonds is 3. The van der Waals surface area contributed by atoms with Gasteiger partial charge in [0.1, 0.15) is 0 Å². The molecule has 0 radical (unpaired) electrons. The van der Waals surface area contributed by atoms with Gasteiger partial charge in [-0.2, -0.15) is 13.2 Å².